The fourth-order valence-corrected chi connectivity index (χ4v) is 2.94. The van der Waals surface area contributed by atoms with Crippen LogP contribution in [0.5, 0.6) is 11.5 Å². The Morgan fingerprint density at radius 3 is 2.10 bits per heavy atom. The summed E-state index contributed by atoms with van der Waals surface area (Å²) >= 11 is 0. The van der Waals surface area contributed by atoms with Gasteiger partial charge in [-0.25, -0.2) is 4.79 Å². The van der Waals surface area contributed by atoms with Crippen molar-refractivity contribution in [2.45, 2.75) is 39.5 Å². The maximum atomic E-state index is 12.3. The van der Waals surface area contributed by atoms with Crippen molar-refractivity contribution in [3.63, 3.8) is 0 Å². The molecule has 0 N–H and O–H groups in total. The number of rotatable bonds is 10. The van der Waals surface area contributed by atoms with E-state index in [0.29, 0.717) is 17.0 Å². The Hall–Kier alpha value is -3.47. The molecule has 0 aliphatic rings. The highest BCUT2D eigenvalue weighted by molar-refractivity contribution is 5.91. The van der Waals surface area contributed by atoms with Crippen molar-refractivity contribution in [2.75, 3.05) is 6.61 Å². The van der Waals surface area contributed by atoms with Crippen LogP contribution < -0.4 is 9.47 Å². The van der Waals surface area contributed by atoms with Gasteiger partial charge in [0.25, 0.3) is 0 Å². The Morgan fingerprint density at radius 2 is 1.45 bits per heavy atom. The van der Waals surface area contributed by atoms with Gasteiger partial charge in [0.2, 0.25) is 0 Å². The predicted molar refractivity (Wildman–Crippen MR) is 123 cm³/mol. The van der Waals surface area contributed by atoms with Crippen LogP contribution in [0.1, 0.15) is 48.5 Å². The van der Waals surface area contributed by atoms with Crippen LogP contribution >= 0.6 is 0 Å². The first-order valence-corrected chi connectivity index (χ1v) is 10.7. The Labute approximate surface area is 183 Å². The van der Waals surface area contributed by atoms with E-state index in [9.17, 15) is 4.79 Å². The van der Waals surface area contributed by atoms with Gasteiger partial charge in [-0.3, -0.25) is 0 Å². The van der Waals surface area contributed by atoms with Crippen LogP contribution in [-0.4, -0.2) is 12.6 Å². The molecule has 0 bridgehead atoms. The predicted octanol–water partition coefficient (Wildman–Crippen LogP) is 7.59. The highest BCUT2D eigenvalue weighted by Crippen LogP contribution is 2.23. The lowest BCUT2D eigenvalue weighted by atomic mass is 10.2. The molecule has 0 amide bonds. The summed E-state index contributed by atoms with van der Waals surface area (Å²) in [6.07, 6.45) is 4.74. The van der Waals surface area contributed by atoms with Crippen molar-refractivity contribution in [1.82, 2.24) is 0 Å². The second-order valence-corrected chi connectivity index (χ2v) is 7.30. The minimum atomic E-state index is -0.400. The molecule has 3 aromatic rings. The summed E-state index contributed by atoms with van der Waals surface area (Å²) in [4.78, 5) is 12.3. The lowest BCUT2D eigenvalue weighted by Gasteiger charge is -2.07. The number of nitrogens with zero attached hydrogens (tertiary/aromatic N) is 2. The van der Waals surface area contributed by atoms with Gasteiger partial charge >= 0.3 is 5.97 Å². The van der Waals surface area contributed by atoms with Crippen molar-refractivity contribution >= 4 is 17.3 Å². The third-order valence-corrected chi connectivity index (χ3v) is 4.78. The van der Waals surface area contributed by atoms with Crippen LogP contribution in [0.3, 0.4) is 0 Å². The van der Waals surface area contributed by atoms with E-state index in [-0.39, 0.29) is 0 Å². The number of hydrogen-bond donors (Lipinski definition) is 0. The second kappa shape index (κ2) is 11.6. The number of benzene rings is 3. The molecule has 0 fully saturated rings. The molecule has 0 aliphatic heterocycles. The molecular formula is C26H28N2O3. The number of hydrogen-bond acceptors (Lipinski definition) is 5. The summed E-state index contributed by atoms with van der Waals surface area (Å²) in [5.74, 6) is 1.000. The maximum absolute atomic E-state index is 12.3. The van der Waals surface area contributed by atoms with Gasteiger partial charge < -0.3 is 9.47 Å². The average molecular weight is 417 g/mol. The lowest BCUT2D eigenvalue weighted by Crippen LogP contribution is -2.08. The zero-order valence-corrected chi connectivity index (χ0v) is 18.1. The Balaban J connectivity index is 1.52. The average Bonchev–Trinajstić information content (AvgIpc) is 2.80. The van der Waals surface area contributed by atoms with Crippen LogP contribution in [0.15, 0.2) is 83.0 Å². The van der Waals surface area contributed by atoms with Crippen LogP contribution in [-0.2, 0) is 0 Å². The second-order valence-electron chi connectivity index (χ2n) is 7.30. The molecule has 3 rings (SSSR count). The monoisotopic (exact) mass is 416 g/mol. The first kappa shape index (κ1) is 22.2. The fourth-order valence-electron chi connectivity index (χ4n) is 2.94. The molecule has 0 unspecified atom stereocenters. The van der Waals surface area contributed by atoms with Crippen molar-refractivity contribution in [3.05, 3.63) is 83.9 Å². The molecule has 0 saturated heterocycles. The third kappa shape index (κ3) is 7.07. The minimum Gasteiger partial charge on any atom is -0.494 e. The lowest BCUT2D eigenvalue weighted by molar-refractivity contribution is 0.0733. The Kier molecular flexibility index (Phi) is 8.35. The summed E-state index contributed by atoms with van der Waals surface area (Å²) in [5.41, 5.74) is 2.77. The van der Waals surface area contributed by atoms with E-state index in [0.717, 1.165) is 30.0 Å². The summed E-state index contributed by atoms with van der Waals surface area (Å²) in [7, 11) is 0. The molecule has 0 atom stereocenters. The molecule has 0 heterocycles. The van der Waals surface area contributed by atoms with Gasteiger partial charge in [-0.05, 0) is 73.5 Å². The highest BCUT2D eigenvalue weighted by atomic mass is 16.5. The molecule has 0 aromatic heterocycles. The van der Waals surface area contributed by atoms with Crippen LogP contribution in [0.25, 0.3) is 0 Å². The van der Waals surface area contributed by atoms with E-state index in [4.69, 9.17) is 9.47 Å². The molecule has 5 nitrogen and oxygen atoms in total. The first-order valence-electron chi connectivity index (χ1n) is 10.7. The molecule has 5 heteroatoms. The van der Waals surface area contributed by atoms with Crippen molar-refractivity contribution in [3.8, 4) is 11.5 Å². The summed E-state index contributed by atoms with van der Waals surface area (Å²) in [6, 6.07) is 21.8. The van der Waals surface area contributed by atoms with Gasteiger partial charge in [0.05, 0.1) is 23.5 Å². The van der Waals surface area contributed by atoms with Gasteiger partial charge in [0.1, 0.15) is 11.5 Å². The van der Waals surface area contributed by atoms with Crippen LogP contribution in [0.4, 0.5) is 11.4 Å². The Bertz CT molecular complexity index is 996. The van der Waals surface area contributed by atoms with E-state index in [2.05, 4.69) is 17.2 Å². The number of carbonyl (C=O) groups excluding carboxylic acids is 1. The topological polar surface area (TPSA) is 60.2 Å². The molecule has 3 aromatic carbocycles. The van der Waals surface area contributed by atoms with E-state index >= 15 is 0 Å². The van der Waals surface area contributed by atoms with Gasteiger partial charge in [0.15, 0.2) is 0 Å². The number of para-hydroxylation sites is 1. The van der Waals surface area contributed by atoms with Crippen molar-refractivity contribution in [2.24, 2.45) is 10.2 Å². The van der Waals surface area contributed by atoms with E-state index in [1.807, 2.05) is 49.4 Å². The maximum Gasteiger partial charge on any atom is 0.343 e. The fraction of sp³-hybridized carbons (Fsp3) is 0.269. The van der Waals surface area contributed by atoms with Crippen LogP contribution in [0.2, 0.25) is 0 Å². The largest absolute Gasteiger partial charge is 0.494 e. The number of unbranched alkanes of at least 4 members (excludes halogenated alkanes) is 3. The van der Waals surface area contributed by atoms with Crippen molar-refractivity contribution in [1.29, 1.82) is 0 Å². The summed E-state index contributed by atoms with van der Waals surface area (Å²) in [6.45, 7) is 4.83. The smallest absolute Gasteiger partial charge is 0.343 e. The van der Waals surface area contributed by atoms with Gasteiger partial charge in [-0.2, -0.15) is 10.2 Å². The minimum absolute atomic E-state index is 0.400. The zero-order chi connectivity index (χ0) is 21.9. The third-order valence-electron chi connectivity index (χ3n) is 4.78. The number of esters is 1. The highest BCUT2D eigenvalue weighted by Gasteiger charge is 2.09. The van der Waals surface area contributed by atoms with E-state index in [1.165, 1.54) is 19.3 Å². The van der Waals surface area contributed by atoms with E-state index < -0.39 is 5.97 Å². The standard InChI is InChI=1S/C26H28N2O3/c1-3-4-5-8-19-30-24-17-15-23(16-18-24)28-27-22-13-11-21(12-14-22)26(29)31-25-10-7-6-9-20(25)2/h6-7,9-18H,3-5,8,19H2,1-2H3. The first-order chi connectivity index (χ1) is 15.2. The summed E-state index contributed by atoms with van der Waals surface area (Å²) < 4.78 is 11.2. The zero-order valence-electron chi connectivity index (χ0n) is 18.1. The van der Waals surface area contributed by atoms with E-state index in [1.54, 1.807) is 30.3 Å². The SMILES string of the molecule is CCCCCCOc1ccc(N=Nc2ccc(C(=O)Oc3ccccc3C)cc2)cc1. The van der Waals surface area contributed by atoms with Gasteiger partial charge in [-0.1, -0.05) is 44.4 Å². The quantitative estimate of drug-likeness (QED) is 0.148. The normalized spacial score (nSPS) is 10.9. The molecule has 0 spiro atoms. The molecule has 0 radical (unpaired) electrons. The number of azo groups is 1. The van der Waals surface area contributed by atoms with Crippen LogP contribution in [0, 0.1) is 6.92 Å². The van der Waals surface area contributed by atoms with Gasteiger partial charge in [0, 0.05) is 0 Å². The van der Waals surface area contributed by atoms with Crippen molar-refractivity contribution < 1.29 is 14.3 Å². The molecule has 31 heavy (non-hydrogen) atoms. The molecule has 0 saturated carbocycles. The Morgan fingerprint density at radius 1 is 0.806 bits per heavy atom. The number of ether oxygens (including phenoxy) is 2. The molecular weight excluding hydrogens is 388 g/mol. The van der Waals surface area contributed by atoms with Gasteiger partial charge in [-0.15, -0.1) is 0 Å². The molecule has 160 valence electrons. The number of carbonyl (C=O) groups is 1. The number of aryl methyl sites for hydroxylation is 1. The molecule has 0 aliphatic carbocycles. The summed E-state index contributed by atoms with van der Waals surface area (Å²) in [5, 5.41) is 8.48.